The van der Waals surface area contributed by atoms with E-state index in [4.69, 9.17) is 0 Å². The van der Waals surface area contributed by atoms with Crippen LogP contribution in [0.3, 0.4) is 0 Å². The summed E-state index contributed by atoms with van der Waals surface area (Å²) in [6, 6.07) is 3.85. The molecule has 1 fully saturated rings. The van der Waals surface area contributed by atoms with Crippen LogP contribution in [0.2, 0.25) is 0 Å². The van der Waals surface area contributed by atoms with Crippen LogP contribution < -0.4 is 10.2 Å². The molecule has 1 heterocycles. The molecule has 1 aliphatic rings. The Bertz CT molecular complexity index is 547. The summed E-state index contributed by atoms with van der Waals surface area (Å²) in [5.41, 5.74) is -5.60. The van der Waals surface area contributed by atoms with Gasteiger partial charge in [0.15, 0.2) is 0 Å². The molecule has 1 aromatic rings. The van der Waals surface area contributed by atoms with Gasteiger partial charge in [-0.05, 0) is 18.6 Å². The zero-order valence-electron chi connectivity index (χ0n) is 13.3. The number of halogens is 7. The van der Waals surface area contributed by atoms with Gasteiger partial charge in [-0.3, -0.25) is 0 Å². The van der Waals surface area contributed by atoms with Crippen molar-refractivity contribution < 1.29 is 31.4 Å². The summed E-state index contributed by atoms with van der Waals surface area (Å²) in [6.07, 6.45) is -11.0. The zero-order valence-corrected chi connectivity index (χ0v) is 14.1. The molecule has 0 aromatic heterocycles. The predicted octanol–water partition coefficient (Wildman–Crippen LogP) is 3.61. The Kier molecular flexibility index (Phi) is 6.63. The van der Waals surface area contributed by atoms with Gasteiger partial charge in [-0.25, -0.2) is 0 Å². The van der Waals surface area contributed by atoms with Gasteiger partial charge in [-0.1, -0.05) is 19.1 Å². The van der Waals surface area contributed by atoms with Gasteiger partial charge in [0.25, 0.3) is 5.60 Å². The number of nitrogens with zero attached hydrogens (tertiary/aromatic N) is 1. The Morgan fingerprint density at radius 1 is 1.08 bits per heavy atom. The van der Waals surface area contributed by atoms with Crippen LogP contribution in [-0.4, -0.2) is 43.1 Å². The maximum Gasteiger partial charge on any atom is 0.430 e. The molecule has 1 saturated heterocycles. The number of benzene rings is 1. The molecule has 3 nitrogen and oxygen atoms in total. The number of nitrogens with one attached hydrogen (secondary N) is 1. The number of anilines is 1. The lowest BCUT2D eigenvalue weighted by molar-refractivity contribution is -0.376. The molecule has 2 rings (SSSR count). The van der Waals surface area contributed by atoms with E-state index < -0.39 is 23.5 Å². The predicted molar refractivity (Wildman–Crippen MR) is 84.0 cm³/mol. The fourth-order valence-electron chi connectivity index (χ4n) is 2.85. The first-order valence-corrected chi connectivity index (χ1v) is 7.46. The fourth-order valence-corrected chi connectivity index (χ4v) is 2.85. The standard InChI is InChI=1S/C15H18F6N2O.ClH/c1-2-11-9-22-7-8-23(11)12-5-3-10(4-6-12)13(24,14(16,17)18)15(19,20)21;/h3-6,11,22,24H,2,7-9H2,1H3;1H/t11-;/m0./s1. The van der Waals surface area contributed by atoms with Gasteiger partial charge in [-0.15, -0.1) is 12.4 Å². The summed E-state index contributed by atoms with van der Waals surface area (Å²) in [6.45, 7) is 3.91. The molecule has 0 aliphatic carbocycles. The van der Waals surface area contributed by atoms with Gasteiger partial charge >= 0.3 is 12.4 Å². The van der Waals surface area contributed by atoms with Crippen molar-refractivity contribution >= 4 is 18.1 Å². The summed E-state index contributed by atoms with van der Waals surface area (Å²) in [5, 5.41) is 12.6. The second-order valence-electron chi connectivity index (χ2n) is 5.71. The lowest BCUT2D eigenvalue weighted by atomic mass is 9.92. The van der Waals surface area contributed by atoms with E-state index in [9.17, 15) is 31.4 Å². The highest BCUT2D eigenvalue weighted by Crippen LogP contribution is 2.50. The van der Waals surface area contributed by atoms with Gasteiger partial charge in [0, 0.05) is 36.9 Å². The van der Waals surface area contributed by atoms with Crippen molar-refractivity contribution in [3.8, 4) is 0 Å². The number of aliphatic hydroxyl groups is 1. The van der Waals surface area contributed by atoms with Gasteiger partial charge in [0.2, 0.25) is 0 Å². The number of hydrogen-bond acceptors (Lipinski definition) is 3. The van der Waals surface area contributed by atoms with Crippen LogP contribution in [0.5, 0.6) is 0 Å². The number of alkyl halides is 6. The number of rotatable bonds is 3. The fraction of sp³-hybridized carbons (Fsp3) is 0.600. The molecular weight excluding hydrogens is 374 g/mol. The molecule has 10 heteroatoms. The van der Waals surface area contributed by atoms with E-state index in [1.807, 2.05) is 11.8 Å². The zero-order chi connectivity index (χ0) is 18.2. The first-order chi connectivity index (χ1) is 11.0. The minimum Gasteiger partial charge on any atom is -0.369 e. The Morgan fingerprint density at radius 2 is 1.60 bits per heavy atom. The van der Waals surface area contributed by atoms with Crippen molar-refractivity contribution in [1.82, 2.24) is 5.32 Å². The molecule has 0 saturated carbocycles. The maximum atomic E-state index is 12.9. The van der Waals surface area contributed by atoms with Crippen molar-refractivity contribution in [1.29, 1.82) is 0 Å². The van der Waals surface area contributed by atoms with E-state index >= 15 is 0 Å². The average molecular weight is 393 g/mol. The Balaban J connectivity index is 0.00000312. The van der Waals surface area contributed by atoms with Gasteiger partial charge < -0.3 is 15.3 Å². The van der Waals surface area contributed by atoms with Crippen LogP contribution in [0.15, 0.2) is 24.3 Å². The minimum atomic E-state index is -5.87. The third-order valence-corrected chi connectivity index (χ3v) is 4.26. The summed E-state index contributed by atoms with van der Waals surface area (Å²) >= 11 is 0. The Hall–Kier alpha value is -1.19. The van der Waals surface area contributed by atoms with Crippen molar-refractivity contribution in [2.24, 2.45) is 0 Å². The number of piperazine rings is 1. The molecule has 1 aliphatic heterocycles. The van der Waals surface area contributed by atoms with Crippen LogP contribution in [0.25, 0.3) is 0 Å². The topological polar surface area (TPSA) is 35.5 Å². The van der Waals surface area contributed by atoms with E-state index in [0.717, 1.165) is 6.42 Å². The van der Waals surface area contributed by atoms with Crippen molar-refractivity contribution in [2.75, 3.05) is 24.5 Å². The third-order valence-electron chi connectivity index (χ3n) is 4.26. The van der Waals surface area contributed by atoms with Crippen LogP contribution in [0.1, 0.15) is 18.9 Å². The van der Waals surface area contributed by atoms with E-state index in [1.54, 1.807) is 0 Å². The van der Waals surface area contributed by atoms with E-state index in [2.05, 4.69) is 5.32 Å². The Labute approximate surface area is 147 Å². The van der Waals surface area contributed by atoms with E-state index in [-0.39, 0.29) is 18.4 Å². The second kappa shape index (κ2) is 7.59. The minimum absolute atomic E-state index is 0. The molecule has 2 N–H and O–H groups in total. The molecule has 144 valence electrons. The highest BCUT2D eigenvalue weighted by molar-refractivity contribution is 5.85. The van der Waals surface area contributed by atoms with Crippen molar-refractivity contribution in [2.45, 2.75) is 37.3 Å². The summed E-state index contributed by atoms with van der Waals surface area (Å²) in [5.74, 6) is 0. The van der Waals surface area contributed by atoms with E-state index in [1.165, 1.54) is 12.1 Å². The molecular formula is C15H19ClF6N2O. The van der Waals surface area contributed by atoms with Crippen LogP contribution in [0.4, 0.5) is 32.0 Å². The van der Waals surface area contributed by atoms with Crippen LogP contribution in [0, 0.1) is 0 Å². The van der Waals surface area contributed by atoms with Gasteiger partial charge in [0.05, 0.1) is 0 Å². The first-order valence-electron chi connectivity index (χ1n) is 7.46. The monoisotopic (exact) mass is 392 g/mol. The average Bonchev–Trinajstić information content (AvgIpc) is 2.52. The summed E-state index contributed by atoms with van der Waals surface area (Å²) in [4.78, 5) is 1.93. The van der Waals surface area contributed by atoms with Gasteiger partial charge in [-0.2, -0.15) is 26.3 Å². The van der Waals surface area contributed by atoms with Crippen LogP contribution in [-0.2, 0) is 5.60 Å². The lowest BCUT2D eigenvalue weighted by Gasteiger charge is -2.38. The largest absolute Gasteiger partial charge is 0.430 e. The molecule has 0 bridgehead atoms. The van der Waals surface area contributed by atoms with Gasteiger partial charge in [0.1, 0.15) is 0 Å². The molecule has 0 unspecified atom stereocenters. The first kappa shape index (κ1) is 21.9. The highest BCUT2D eigenvalue weighted by Gasteiger charge is 2.71. The smallest absolute Gasteiger partial charge is 0.369 e. The summed E-state index contributed by atoms with van der Waals surface area (Å²) < 4.78 is 77.2. The van der Waals surface area contributed by atoms with E-state index in [0.29, 0.717) is 37.5 Å². The molecule has 1 aromatic carbocycles. The quantitative estimate of drug-likeness (QED) is 0.771. The normalized spacial score (nSPS) is 19.5. The Morgan fingerprint density at radius 3 is 2.04 bits per heavy atom. The number of hydrogen-bond donors (Lipinski definition) is 2. The van der Waals surface area contributed by atoms with Crippen molar-refractivity contribution in [3.63, 3.8) is 0 Å². The molecule has 0 radical (unpaired) electrons. The maximum absolute atomic E-state index is 12.9. The van der Waals surface area contributed by atoms with Crippen LogP contribution >= 0.6 is 12.4 Å². The second-order valence-corrected chi connectivity index (χ2v) is 5.71. The SMILES string of the molecule is CC[C@H]1CNCCN1c1ccc(C(O)(C(F)(F)F)C(F)(F)F)cc1.Cl. The molecule has 0 amide bonds. The molecule has 1 atom stereocenters. The third kappa shape index (κ3) is 3.98. The molecule has 0 spiro atoms. The lowest BCUT2D eigenvalue weighted by Crippen LogP contribution is -2.54. The molecule has 25 heavy (non-hydrogen) atoms. The van der Waals surface area contributed by atoms with Crippen molar-refractivity contribution in [3.05, 3.63) is 29.8 Å². The summed E-state index contributed by atoms with van der Waals surface area (Å²) in [7, 11) is 0. The highest BCUT2D eigenvalue weighted by atomic mass is 35.5.